The SMILES string of the molecule is CC(C)(C)C(CF)C(F)c1ccc(N)cc1. The van der Waals surface area contributed by atoms with Gasteiger partial charge in [-0.1, -0.05) is 32.9 Å². The van der Waals surface area contributed by atoms with Crippen molar-refractivity contribution in [2.24, 2.45) is 11.3 Å². The quantitative estimate of drug-likeness (QED) is 0.778. The monoisotopic (exact) mass is 227 g/mol. The lowest BCUT2D eigenvalue weighted by Gasteiger charge is -2.31. The molecule has 0 aliphatic heterocycles. The van der Waals surface area contributed by atoms with Crippen LogP contribution >= 0.6 is 0 Å². The highest BCUT2D eigenvalue weighted by Gasteiger charge is 2.33. The Balaban J connectivity index is 2.91. The number of hydrogen-bond donors (Lipinski definition) is 1. The molecule has 0 spiro atoms. The van der Waals surface area contributed by atoms with Gasteiger partial charge in [0.25, 0.3) is 0 Å². The predicted octanol–water partition coefficient (Wildman–Crippen LogP) is 3.91. The second-order valence-corrected chi connectivity index (χ2v) is 5.20. The normalized spacial score (nSPS) is 15.8. The third-order valence-electron chi connectivity index (χ3n) is 2.89. The standard InChI is InChI=1S/C13H19F2N/c1-13(2,3)11(8-14)12(15)9-4-6-10(16)7-5-9/h4-7,11-12H,8,16H2,1-3H3. The molecule has 0 aromatic heterocycles. The summed E-state index contributed by atoms with van der Waals surface area (Å²) in [7, 11) is 0. The lowest BCUT2D eigenvalue weighted by atomic mass is 9.77. The first-order valence-corrected chi connectivity index (χ1v) is 5.41. The summed E-state index contributed by atoms with van der Waals surface area (Å²) in [5.74, 6) is -0.629. The maximum Gasteiger partial charge on any atom is 0.131 e. The number of nitrogens with two attached hydrogens (primary N) is 1. The van der Waals surface area contributed by atoms with Gasteiger partial charge >= 0.3 is 0 Å². The minimum Gasteiger partial charge on any atom is -0.399 e. The maximum atomic E-state index is 14.1. The van der Waals surface area contributed by atoms with Crippen LogP contribution in [0.15, 0.2) is 24.3 Å². The molecule has 0 heterocycles. The van der Waals surface area contributed by atoms with Crippen molar-refractivity contribution in [3.63, 3.8) is 0 Å². The summed E-state index contributed by atoms with van der Waals surface area (Å²) in [6.45, 7) is 4.89. The van der Waals surface area contributed by atoms with Crippen molar-refractivity contribution < 1.29 is 8.78 Å². The fourth-order valence-corrected chi connectivity index (χ4v) is 1.66. The summed E-state index contributed by atoms with van der Waals surface area (Å²) < 4.78 is 27.1. The van der Waals surface area contributed by atoms with Crippen molar-refractivity contribution in [1.29, 1.82) is 0 Å². The average Bonchev–Trinajstić information content (AvgIpc) is 2.17. The largest absolute Gasteiger partial charge is 0.399 e. The summed E-state index contributed by atoms with van der Waals surface area (Å²) in [6, 6.07) is 6.52. The van der Waals surface area contributed by atoms with Gasteiger partial charge in [0.2, 0.25) is 0 Å². The molecule has 0 amide bonds. The zero-order chi connectivity index (χ0) is 12.3. The Morgan fingerprint density at radius 3 is 2.06 bits per heavy atom. The number of anilines is 1. The molecular formula is C13H19F2N. The van der Waals surface area contributed by atoms with E-state index in [1.54, 1.807) is 24.3 Å². The first-order chi connectivity index (χ1) is 7.36. The van der Waals surface area contributed by atoms with E-state index in [1.807, 2.05) is 20.8 Å². The molecule has 2 atom stereocenters. The minimum atomic E-state index is -1.29. The third kappa shape index (κ3) is 2.94. The van der Waals surface area contributed by atoms with Crippen molar-refractivity contribution in [3.8, 4) is 0 Å². The Kier molecular flexibility index (Phi) is 3.89. The van der Waals surface area contributed by atoms with Gasteiger partial charge in [-0.25, -0.2) is 4.39 Å². The topological polar surface area (TPSA) is 26.0 Å². The van der Waals surface area contributed by atoms with Crippen molar-refractivity contribution in [2.45, 2.75) is 26.9 Å². The fraction of sp³-hybridized carbons (Fsp3) is 0.538. The molecule has 90 valence electrons. The van der Waals surface area contributed by atoms with E-state index in [4.69, 9.17) is 5.73 Å². The molecule has 0 aliphatic carbocycles. The summed E-state index contributed by atoms with van der Waals surface area (Å²) in [5, 5.41) is 0. The molecule has 2 unspecified atom stereocenters. The van der Waals surface area contributed by atoms with Gasteiger partial charge in [-0.05, 0) is 23.1 Å². The van der Waals surface area contributed by atoms with E-state index < -0.39 is 24.2 Å². The zero-order valence-electron chi connectivity index (χ0n) is 10.0. The highest BCUT2D eigenvalue weighted by Crippen LogP contribution is 2.39. The zero-order valence-corrected chi connectivity index (χ0v) is 10.0. The van der Waals surface area contributed by atoms with Gasteiger partial charge in [-0.3, -0.25) is 4.39 Å². The Morgan fingerprint density at radius 1 is 1.19 bits per heavy atom. The molecule has 2 N–H and O–H groups in total. The summed E-state index contributed by atoms with van der Waals surface area (Å²) in [5.41, 5.74) is 6.21. The molecule has 3 heteroatoms. The molecule has 0 bridgehead atoms. The van der Waals surface area contributed by atoms with Gasteiger partial charge in [0.05, 0.1) is 6.67 Å². The lowest BCUT2D eigenvalue weighted by molar-refractivity contribution is 0.0886. The number of nitrogen functional groups attached to an aromatic ring is 1. The van der Waals surface area contributed by atoms with Crippen molar-refractivity contribution in [3.05, 3.63) is 29.8 Å². The van der Waals surface area contributed by atoms with Gasteiger partial charge in [-0.2, -0.15) is 0 Å². The second kappa shape index (κ2) is 4.81. The van der Waals surface area contributed by atoms with Crippen LogP contribution in [0.25, 0.3) is 0 Å². The van der Waals surface area contributed by atoms with Crippen LogP contribution < -0.4 is 5.73 Å². The van der Waals surface area contributed by atoms with E-state index in [9.17, 15) is 8.78 Å². The molecular weight excluding hydrogens is 208 g/mol. The first kappa shape index (κ1) is 12.9. The molecule has 0 saturated carbocycles. The van der Waals surface area contributed by atoms with Crippen LogP contribution in [0.1, 0.15) is 32.5 Å². The highest BCUT2D eigenvalue weighted by molar-refractivity contribution is 5.40. The molecule has 1 nitrogen and oxygen atoms in total. The van der Waals surface area contributed by atoms with Crippen LogP contribution in [0, 0.1) is 11.3 Å². The molecule has 1 aromatic rings. The minimum absolute atomic E-state index is 0.393. The van der Waals surface area contributed by atoms with Crippen molar-refractivity contribution in [2.75, 3.05) is 12.4 Å². The molecule has 0 saturated heterocycles. The van der Waals surface area contributed by atoms with E-state index >= 15 is 0 Å². The van der Waals surface area contributed by atoms with Crippen LogP contribution in [0.2, 0.25) is 0 Å². The van der Waals surface area contributed by atoms with E-state index in [2.05, 4.69) is 0 Å². The van der Waals surface area contributed by atoms with Crippen LogP contribution in [-0.4, -0.2) is 6.67 Å². The van der Waals surface area contributed by atoms with E-state index in [1.165, 1.54) is 0 Å². The number of halogens is 2. The van der Waals surface area contributed by atoms with Crippen LogP contribution in [-0.2, 0) is 0 Å². The van der Waals surface area contributed by atoms with Crippen molar-refractivity contribution in [1.82, 2.24) is 0 Å². The highest BCUT2D eigenvalue weighted by atomic mass is 19.1. The van der Waals surface area contributed by atoms with E-state index in [0.29, 0.717) is 11.3 Å². The number of rotatable bonds is 3. The first-order valence-electron chi connectivity index (χ1n) is 5.41. The Hall–Kier alpha value is -1.12. The molecule has 0 radical (unpaired) electrons. The number of benzene rings is 1. The number of alkyl halides is 2. The third-order valence-corrected chi connectivity index (χ3v) is 2.89. The van der Waals surface area contributed by atoms with Gasteiger partial charge in [-0.15, -0.1) is 0 Å². The van der Waals surface area contributed by atoms with Crippen LogP contribution in [0.4, 0.5) is 14.5 Å². The lowest BCUT2D eigenvalue weighted by Crippen LogP contribution is -2.26. The Bertz CT molecular complexity index is 327. The van der Waals surface area contributed by atoms with Gasteiger partial charge in [0.1, 0.15) is 6.17 Å². The summed E-state index contributed by atoms with van der Waals surface area (Å²) in [4.78, 5) is 0. The van der Waals surface area contributed by atoms with Gasteiger partial charge in [0, 0.05) is 11.6 Å². The van der Waals surface area contributed by atoms with E-state index in [-0.39, 0.29) is 0 Å². The van der Waals surface area contributed by atoms with Crippen LogP contribution in [0.5, 0.6) is 0 Å². The fourth-order valence-electron chi connectivity index (χ4n) is 1.66. The van der Waals surface area contributed by atoms with E-state index in [0.717, 1.165) is 0 Å². The van der Waals surface area contributed by atoms with Gasteiger partial charge < -0.3 is 5.73 Å². The molecule has 16 heavy (non-hydrogen) atoms. The summed E-state index contributed by atoms with van der Waals surface area (Å²) in [6.07, 6.45) is -1.29. The molecule has 0 aliphatic rings. The Morgan fingerprint density at radius 2 is 1.69 bits per heavy atom. The maximum absolute atomic E-state index is 14.1. The van der Waals surface area contributed by atoms with Gasteiger partial charge in [0.15, 0.2) is 0 Å². The second-order valence-electron chi connectivity index (χ2n) is 5.20. The van der Waals surface area contributed by atoms with Crippen molar-refractivity contribution >= 4 is 5.69 Å². The molecule has 1 rings (SSSR count). The molecule has 0 fully saturated rings. The average molecular weight is 227 g/mol. The van der Waals surface area contributed by atoms with Crippen LogP contribution in [0.3, 0.4) is 0 Å². The summed E-state index contributed by atoms with van der Waals surface area (Å²) >= 11 is 0. The number of hydrogen-bond acceptors (Lipinski definition) is 1. The Labute approximate surface area is 95.7 Å². The molecule has 1 aromatic carbocycles. The predicted molar refractivity (Wildman–Crippen MR) is 63.6 cm³/mol. The smallest absolute Gasteiger partial charge is 0.131 e.